The van der Waals surface area contributed by atoms with Gasteiger partial charge in [-0.1, -0.05) is 12.1 Å². The molecule has 1 aromatic carbocycles. The Morgan fingerprint density at radius 2 is 2.04 bits per heavy atom. The van der Waals surface area contributed by atoms with E-state index in [0.717, 1.165) is 17.9 Å². The third kappa shape index (κ3) is 4.69. The second-order valence-corrected chi connectivity index (χ2v) is 7.29. The second-order valence-electron chi connectivity index (χ2n) is 7.29. The van der Waals surface area contributed by atoms with Crippen LogP contribution in [0.3, 0.4) is 0 Å². The van der Waals surface area contributed by atoms with Gasteiger partial charge in [0.15, 0.2) is 0 Å². The summed E-state index contributed by atoms with van der Waals surface area (Å²) in [6.07, 6.45) is 3.65. The number of imidazole rings is 1. The Balaban J connectivity index is 1.66. The molecule has 1 aromatic heterocycles. The molecular formula is C20H28N6O2. The highest BCUT2D eigenvalue weighted by atomic mass is 16.2. The van der Waals surface area contributed by atoms with Crippen LogP contribution in [-0.2, 0) is 13.6 Å². The SMILES string of the molecule is CC(C)NC(=O)NCc1ccc(C(=O)N2CCNCC2c2nccn2C)cc1. The van der Waals surface area contributed by atoms with Gasteiger partial charge in [0.1, 0.15) is 11.9 Å². The highest BCUT2D eigenvalue weighted by Crippen LogP contribution is 2.23. The van der Waals surface area contributed by atoms with E-state index in [0.29, 0.717) is 25.2 Å². The zero-order chi connectivity index (χ0) is 20.1. The van der Waals surface area contributed by atoms with Crippen LogP contribution in [0, 0.1) is 0 Å². The molecule has 8 nitrogen and oxygen atoms in total. The van der Waals surface area contributed by atoms with Crippen LogP contribution in [0.5, 0.6) is 0 Å². The quantitative estimate of drug-likeness (QED) is 0.727. The summed E-state index contributed by atoms with van der Waals surface area (Å²) in [6.45, 7) is 6.32. The van der Waals surface area contributed by atoms with Crippen molar-refractivity contribution in [2.24, 2.45) is 7.05 Å². The highest BCUT2D eigenvalue weighted by molar-refractivity contribution is 5.94. The zero-order valence-electron chi connectivity index (χ0n) is 16.6. The average molecular weight is 384 g/mol. The maximum Gasteiger partial charge on any atom is 0.315 e. The van der Waals surface area contributed by atoms with Crippen LogP contribution in [-0.4, -0.2) is 52.1 Å². The van der Waals surface area contributed by atoms with Gasteiger partial charge >= 0.3 is 6.03 Å². The largest absolute Gasteiger partial charge is 0.336 e. The topological polar surface area (TPSA) is 91.3 Å². The molecule has 1 fully saturated rings. The summed E-state index contributed by atoms with van der Waals surface area (Å²) in [7, 11) is 1.94. The molecule has 3 amide bonds. The summed E-state index contributed by atoms with van der Waals surface area (Å²) in [4.78, 5) is 31.1. The van der Waals surface area contributed by atoms with E-state index in [1.165, 1.54) is 0 Å². The van der Waals surface area contributed by atoms with Crippen molar-refractivity contribution < 1.29 is 9.59 Å². The Hall–Kier alpha value is -2.87. The molecule has 2 aromatic rings. The first-order chi connectivity index (χ1) is 13.5. The van der Waals surface area contributed by atoms with Gasteiger partial charge in [0.2, 0.25) is 0 Å². The van der Waals surface area contributed by atoms with E-state index in [1.54, 1.807) is 6.20 Å². The molecule has 0 spiro atoms. The van der Waals surface area contributed by atoms with Crippen molar-refractivity contribution in [2.75, 3.05) is 19.6 Å². The predicted molar refractivity (Wildman–Crippen MR) is 107 cm³/mol. The van der Waals surface area contributed by atoms with Crippen LogP contribution < -0.4 is 16.0 Å². The molecule has 3 N–H and O–H groups in total. The molecule has 28 heavy (non-hydrogen) atoms. The minimum absolute atomic E-state index is 0.00781. The molecule has 3 rings (SSSR count). The number of carbonyl (C=O) groups is 2. The Labute approximate surface area is 165 Å². The van der Waals surface area contributed by atoms with E-state index in [4.69, 9.17) is 0 Å². The summed E-state index contributed by atoms with van der Waals surface area (Å²) in [5.74, 6) is 0.865. The molecule has 0 aliphatic carbocycles. The average Bonchev–Trinajstić information content (AvgIpc) is 3.11. The summed E-state index contributed by atoms with van der Waals surface area (Å²) in [5, 5.41) is 8.94. The minimum Gasteiger partial charge on any atom is -0.336 e. The van der Waals surface area contributed by atoms with E-state index in [1.807, 2.05) is 60.8 Å². The number of amides is 3. The van der Waals surface area contributed by atoms with E-state index in [9.17, 15) is 9.59 Å². The van der Waals surface area contributed by atoms with Gasteiger partial charge in [0.25, 0.3) is 5.91 Å². The summed E-state index contributed by atoms with van der Waals surface area (Å²) < 4.78 is 1.95. The van der Waals surface area contributed by atoms with Crippen molar-refractivity contribution in [3.63, 3.8) is 0 Å². The number of hydrogen-bond acceptors (Lipinski definition) is 4. The van der Waals surface area contributed by atoms with Gasteiger partial charge in [-0.25, -0.2) is 9.78 Å². The lowest BCUT2D eigenvalue weighted by Gasteiger charge is -2.35. The maximum atomic E-state index is 13.1. The van der Waals surface area contributed by atoms with Gasteiger partial charge in [-0.3, -0.25) is 4.79 Å². The smallest absolute Gasteiger partial charge is 0.315 e. The van der Waals surface area contributed by atoms with Crippen LogP contribution >= 0.6 is 0 Å². The van der Waals surface area contributed by atoms with E-state index < -0.39 is 0 Å². The van der Waals surface area contributed by atoms with Crippen LogP contribution in [0.4, 0.5) is 4.79 Å². The number of carbonyl (C=O) groups excluding carboxylic acids is 2. The fraction of sp³-hybridized carbons (Fsp3) is 0.450. The van der Waals surface area contributed by atoms with Gasteiger partial charge in [-0.15, -0.1) is 0 Å². The number of aryl methyl sites for hydroxylation is 1. The van der Waals surface area contributed by atoms with E-state index in [2.05, 4.69) is 20.9 Å². The molecule has 1 aliphatic heterocycles. The van der Waals surface area contributed by atoms with Crippen molar-refractivity contribution in [2.45, 2.75) is 32.5 Å². The van der Waals surface area contributed by atoms with Crippen LogP contribution in [0.25, 0.3) is 0 Å². The number of nitrogens with one attached hydrogen (secondary N) is 3. The van der Waals surface area contributed by atoms with Gasteiger partial charge in [0.05, 0.1) is 0 Å². The van der Waals surface area contributed by atoms with Gasteiger partial charge < -0.3 is 25.4 Å². The van der Waals surface area contributed by atoms with E-state index >= 15 is 0 Å². The van der Waals surface area contributed by atoms with Crippen molar-refractivity contribution in [1.82, 2.24) is 30.4 Å². The number of rotatable bonds is 5. The van der Waals surface area contributed by atoms with Crippen LogP contribution in [0.1, 0.15) is 41.6 Å². The van der Waals surface area contributed by atoms with Crippen molar-refractivity contribution in [1.29, 1.82) is 0 Å². The minimum atomic E-state index is -0.200. The Morgan fingerprint density at radius 3 is 2.68 bits per heavy atom. The maximum absolute atomic E-state index is 13.1. The van der Waals surface area contributed by atoms with Gasteiger partial charge in [0, 0.05) is 57.2 Å². The van der Waals surface area contributed by atoms with E-state index in [-0.39, 0.29) is 24.0 Å². The lowest BCUT2D eigenvalue weighted by Crippen LogP contribution is -2.49. The fourth-order valence-electron chi connectivity index (χ4n) is 3.30. The molecule has 1 aliphatic rings. The standard InChI is InChI=1S/C20H28N6O2/c1-14(2)24-20(28)23-12-15-4-6-16(7-5-15)19(27)26-11-8-21-13-17(26)18-22-9-10-25(18)3/h4-7,9-10,14,17,21H,8,11-13H2,1-3H3,(H2,23,24,28). The number of piperazine rings is 1. The monoisotopic (exact) mass is 384 g/mol. The summed E-state index contributed by atoms with van der Waals surface area (Å²) in [6, 6.07) is 7.18. The molecule has 0 radical (unpaired) electrons. The van der Waals surface area contributed by atoms with Gasteiger partial charge in [-0.2, -0.15) is 0 Å². The Morgan fingerprint density at radius 1 is 1.29 bits per heavy atom. The first-order valence-electron chi connectivity index (χ1n) is 9.58. The van der Waals surface area contributed by atoms with Crippen molar-refractivity contribution in [3.05, 3.63) is 53.6 Å². The molecule has 1 atom stereocenters. The molecule has 1 unspecified atom stereocenters. The first-order valence-corrected chi connectivity index (χ1v) is 9.58. The van der Waals surface area contributed by atoms with Crippen molar-refractivity contribution >= 4 is 11.9 Å². The lowest BCUT2D eigenvalue weighted by atomic mass is 10.1. The van der Waals surface area contributed by atoms with Crippen LogP contribution in [0.15, 0.2) is 36.7 Å². The lowest BCUT2D eigenvalue weighted by molar-refractivity contribution is 0.0621. The molecule has 0 bridgehead atoms. The Bertz CT molecular complexity index is 814. The normalized spacial score (nSPS) is 16.9. The molecule has 0 saturated carbocycles. The summed E-state index contributed by atoms with van der Waals surface area (Å²) in [5.41, 5.74) is 1.58. The third-order valence-corrected chi connectivity index (χ3v) is 4.73. The highest BCUT2D eigenvalue weighted by Gasteiger charge is 2.30. The van der Waals surface area contributed by atoms with Gasteiger partial charge in [-0.05, 0) is 31.5 Å². The first kappa shape index (κ1) is 19.9. The number of benzene rings is 1. The fourth-order valence-corrected chi connectivity index (χ4v) is 3.30. The second kappa shape index (κ2) is 8.88. The van der Waals surface area contributed by atoms with Crippen LogP contribution in [0.2, 0.25) is 0 Å². The molecule has 8 heteroatoms. The number of urea groups is 1. The summed E-state index contributed by atoms with van der Waals surface area (Å²) >= 11 is 0. The van der Waals surface area contributed by atoms with Crippen molar-refractivity contribution in [3.8, 4) is 0 Å². The molecule has 1 saturated heterocycles. The molecular weight excluding hydrogens is 356 g/mol. The zero-order valence-corrected chi connectivity index (χ0v) is 16.6. The number of nitrogens with zero attached hydrogens (tertiary/aromatic N) is 3. The number of aromatic nitrogens is 2. The molecule has 150 valence electrons. The Kier molecular flexibility index (Phi) is 6.30. The third-order valence-electron chi connectivity index (χ3n) is 4.73. The molecule has 2 heterocycles. The number of hydrogen-bond donors (Lipinski definition) is 3. The predicted octanol–water partition coefficient (Wildman–Crippen LogP) is 1.41.